The van der Waals surface area contributed by atoms with Gasteiger partial charge in [-0.05, 0) is 117 Å². The van der Waals surface area contributed by atoms with E-state index < -0.39 is 243 Å². The van der Waals surface area contributed by atoms with Gasteiger partial charge in [0.15, 0.2) is 29.9 Å². The number of halogens is 2. The Labute approximate surface area is 652 Å². The van der Waals surface area contributed by atoms with Crippen LogP contribution in [0.25, 0.3) is 11.1 Å². The largest absolute Gasteiger partial charge is 0.508 e. The molecule has 7 aliphatic heterocycles. The number of carbonyl (C=O) groups excluding carboxylic acids is 8. The van der Waals surface area contributed by atoms with E-state index in [0.717, 1.165) is 98.8 Å². The smallest absolute Gasteiger partial charge is 0.330 e. The average molecular weight is 1600 g/mol. The number of esters is 1. The Balaban J connectivity index is 1.21. The molecule has 0 aliphatic carbocycles. The number of carboxylic acid groups (broad SMARTS) is 1. The Bertz CT molecular complexity index is 4360. The number of nitrogens with two attached hydrogens (primary N) is 2. The highest BCUT2D eigenvalue weighted by Gasteiger charge is 2.52. The summed E-state index contributed by atoms with van der Waals surface area (Å²) in [7, 11) is 1.48. The molecule has 11 bridgehead atoms. The fourth-order valence-electron chi connectivity index (χ4n) is 14.0. The number of fused-ring (bicyclic) bond motifs is 15. The number of hydrogen-bond donors (Lipinski definition) is 18. The van der Waals surface area contributed by atoms with E-state index in [-0.39, 0.29) is 52.6 Å². The molecule has 606 valence electrons. The van der Waals surface area contributed by atoms with Crippen molar-refractivity contribution in [2.45, 2.75) is 214 Å². The molecule has 20 N–H and O–H groups in total. The van der Waals surface area contributed by atoms with Gasteiger partial charge in [0, 0.05) is 41.1 Å². The van der Waals surface area contributed by atoms with E-state index in [1.54, 1.807) is 0 Å². The van der Waals surface area contributed by atoms with Crippen LogP contribution in [0.15, 0.2) is 78.9 Å². The molecule has 0 spiro atoms. The van der Waals surface area contributed by atoms with Crippen LogP contribution in [0, 0.1) is 5.92 Å². The van der Waals surface area contributed by atoms with Crippen molar-refractivity contribution in [3.05, 3.63) is 117 Å². The van der Waals surface area contributed by atoms with Crippen molar-refractivity contribution in [2.24, 2.45) is 17.4 Å². The van der Waals surface area contributed by atoms with Gasteiger partial charge in [0.1, 0.15) is 96.1 Å². The third kappa shape index (κ3) is 19.7. The number of ether oxygens (including phenoxy) is 7. The summed E-state index contributed by atoms with van der Waals surface area (Å²) >= 11 is 14.3. The van der Waals surface area contributed by atoms with Gasteiger partial charge in [-0.25, -0.2) is 4.79 Å². The minimum Gasteiger partial charge on any atom is -0.508 e. The summed E-state index contributed by atoms with van der Waals surface area (Å²) in [4.78, 5) is 131. The number of aromatic hydroxyl groups is 3. The predicted octanol–water partition coefficient (Wildman–Crippen LogP) is 3.80. The number of aliphatic carboxylic acids is 1. The van der Waals surface area contributed by atoms with Crippen molar-refractivity contribution in [3.63, 3.8) is 0 Å². The van der Waals surface area contributed by atoms with Gasteiger partial charge in [-0.1, -0.05) is 101 Å². The first-order valence-electron chi connectivity index (χ1n) is 36.6. The molecule has 2 fully saturated rings. The van der Waals surface area contributed by atoms with Crippen molar-refractivity contribution in [1.29, 1.82) is 0 Å². The highest BCUT2D eigenvalue weighted by molar-refractivity contribution is 6.32. The third-order valence-corrected chi connectivity index (χ3v) is 20.6. The Kier molecular flexibility index (Phi) is 27.6. The average Bonchev–Trinajstić information content (AvgIpc) is 0.772. The number of hydrogen-bond acceptors (Lipinski definition) is 26. The Morgan fingerprint density at radius 2 is 1.29 bits per heavy atom. The topological polar surface area (TPSA) is 537 Å². The first-order valence-corrected chi connectivity index (χ1v) is 37.3. The summed E-state index contributed by atoms with van der Waals surface area (Å²) in [6.07, 6.45) is -12.7. The van der Waals surface area contributed by atoms with Crippen LogP contribution in [-0.4, -0.2) is 192 Å². The Hall–Kier alpha value is -9.69. The molecule has 2 saturated heterocycles. The SMILES string of the molecule is CCCCCCCCCC(=O)OCC1OC(Oc2c3cc4cc2Oc2ccc(cc2Cl)C(O)C2NC(=O)C(NC(=O)C4NC(=O)C(CC(N)=O)NC(=O)C(NC(=O)C(CC(C)C)NC)C(O)c4ccc(c(Cl)c4)O3)c3ccc(O)c(c3)-c3c(O)cc(O)cc3C(C(=O)O)NC2=O)C(OC2CC(C)(N)C(O)C(C)O2)C(O)C1O. The van der Waals surface area contributed by atoms with Crippen LogP contribution in [-0.2, 0) is 62.1 Å². The maximum absolute atomic E-state index is 16.2. The third-order valence-electron chi connectivity index (χ3n) is 20.0. The van der Waals surface area contributed by atoms with E-state index in [1.165, 1.54) is 33.0 Å². The maximum Gasteiger partial charge on any atom is 0.330 e. The summed E-state index contributed by atoms with van der Waals surface area (Å²) in [5.41, 5.74) is 8.09. The molecule has 112 heavy (non-hydrogen) atoms. The summed E-state index contributed by atoms with van der Waals surface area (Å²) in [5, 5.41) is 122. The molecule has 34 nitrogen and oxygen atoms in total. The molecule has 18 atom stereocenters. The number of carbonyl (C=O) groups is 9. The molecule has 7 heterocycles. The Morgan fingerprint density at radius 3 is 1.90 bits per heavy atom. The Morgan fingerprint density at radius 1 is 0.688 bits per heavy atom. The quantitative estimate of drug-likeness (QED) is 0.0346. The zero-order valence-electron chi connectivity index (χ0n) is 61.9. The zero-order valence-corrected chi connectivity index (χ0v) is 63.4. The number of aliphatic hydroxyl groups excluding tert-OH is 5. The van der Waals surface area contributed by atoms with Gasteiger partial charge in [-0.15, -0.1) is 0 Å². The van der Waals surface area contributed by atoms with E-state index in [9.17, 15) is 74.7 Å². The fourth-order valence-corrected chi connectivity index (χ4v) is 14.4. The molecule has 7 aliphatic rings. The van der Waals surface area contributed by atoms with E-state index in [4.69, 9.17) is 67.8 Å². The lowest BCUT2D eigenvalue weighted by molar-refractivity contribution is -0.333. The monoisotopic (exact) mass is 1600 g/mol. The minimum atomic E-state index is -2.37. The number of rotatable bonds is 22. The number of phenols is 3. The summed E-state index contributed by atoms with van der Waals surface area (Å²) in [6.45, 7) is 8.03. The van der Waals surface area contributed by atoms with Crippen molar-refractivity contribution >= 4 is 76.5 Å². The van der Waals surface area contributed by atoms with Crippen LogP contribution in [0.1, 0.15) is 163 Å². The molecule has 36 heteroatoms. The number of amides is 7. The molecule has 5 aromatic carbocycles. The van der Waals surface area contributed by atoms with Crippen LogP contribution in [0.3, 0.4) is 0 Å². The highest BCUT2D eigenvalue weighted by Crippen LogP contribution is 2.50. The maximum atomic E-state index is 16.2. The van der Waals surface area contributed by atoms with Gasteiger partial charge >= 0.3 is 11.9 Å². The van der Waals surface area contributed by atoms with Crippen LogP contribution in [0.5, 0.6) is 46.0 Å². The van der Waals surface area contributed by atoms with Crippen molar-refractivity contribution in [1.82, 2.24) is 37.2 Å². The van der Waals surface area contributed by atoms with Gasteiger partial charge in [0.25, 0.3) is 0 Å². The summed E-state index contributed by atoms with van der Waals surface area (Å²) < 4.78 is 45.0. The molecule has 7 amide bonds. The molecule has 5 aromatic rings. The molecule has 18 unspecified atom stereocenters. The molecule has 0 saturated carbocycles. The molecular weight excluding hydrogens is 1510 g/mol. The summed E-state index contributed by atoms with van der Waals surface area (Å²) in [5.74, 6) is -16.8. The van der Waals surface area contributed by atoms with Crippen LogP contribution < -0.4 is 62.9 Å². The number of benzene rings is 5. The number of aliphatic hydroxyl groups is 5. The van der Waals surface area contributed by atoms with Gasteiger partial charge in [0.2, 0.25) is 53.4 Å². The molecule has 0 aromatic heterocycles. The number of carboxylic acids is 1. The van der Waals surface area contributed by atoms with Crippen LogP contribution in [0.2, 0.25) is 10.0 Å². The highest BCUT2D eigenvalue weighted by atomic mass is 35.5. The number of primary amides is 1. The normalized spacial score (nSPS) is 27.7. The lowest BCUT2D eigenvalue weighted by Gasteiger charge is -2.47. The first kappa shape index (κ1) is 84.8. The molecule has 12 rings (SSSR count). The second-order valence-corrected chi connectivity index (χ2v) is 29.9. The minimum absolute atomic E-state index is 0.0288. The zero-order chi connectivity index (χ0) is 81.5. The lowest BCUT2D eigenvalue weighted by Crippen LogP contribution is -2.64. The number of likely N-dealkylation sites (N-methyl/N-ethyl adjacent to an activating group) is 1. The van der Waals surface area contributed by atoms with E-state index in [2.05, 4.69) is 44.1 Å². The molecule has 0 radical (unpaired) electrons. The van der Waals surface area contributed by atoms with Crippen molar-refractivity contribution in [2.75, 3.05) is 13.7 Å². The fraction of sp³-hybridized carbons (Fsp3) is 0.487. The van der Waals surface area contributed by atoms with E-state index in [0.29, 0.717) is 12.8 Å². The van der Waals surface area contributed by atoms with Gasteiger partial charge in [-0.2, -0.15) is 0 Å². The van der Waals surface area contributed by atoms with Gasteiger partial charge in [0.05, 0.1) is 34.7 Å². The molecular formula is C76H93Cl2N9O25. The lowest BCUT2D eigenvalue weighted by atomic mass is 9.86. The van der Waals surface area contributed by atoms with E-state index in [1.807, 2.05) is 13.8 Å². The van der Waals surface area contributed by atoms with Crippen LogP contribution >= 0.6 is 23.2 Å². The second kappa shape index (κ2) is 36.4. The van der Waals surface area contributed by atoms with E-state index >= 15 is 14.4 Å². The van der Waals surface area contributed by atoms with Crippen LogP contribution in [0.4, 0.5) is 0 Å². The summed E-state index contributed by atoms with van der Waals surface area (Å²) in [6, 6.07) is -0.688. The first-order chi connectivity index (χ1) is 53.1. The van der Waals surface area contributed by atoms with Gasteiger partial charge < -0.3 is 128 Å². The standard InChI is InChI=1S/C76H93Cl2N9O25/c1-7-8-9-10-11-12-13-14-53(92)106-31-51-63(95)64(96)66(111-54-30-76(5,80)67(97)33(4)107-54)75(110-51)112-65-49-25-37-26-50(65)109-48-20-17-36(24-42(48)78)62(94)60-73(103)85-58(74(104)105)40-27-38(88)28-46(90)55(40)39-22-34(15-18-45(39)89)56(70(100)87-60)84-71(101)57(37)83-69(99)44(29-52(79)91)82-72(102)59(86-68(98)43(81-6)21-32(2)3)61(93)35-16-19-47(108-49)41(77)23-35/h15-20,22-28,32-33,43-44,51,54,56-64,66-67,75,81,88-90,93-97H,7-14,21,29-31,80H2,1-6H3,(H2,79,91)(H,82,102)(H,83,99)(H,84,101)(H,85,103)(H,86,98)(H,87,100)(H,104,105). The number of phenolic OH excluding ortho intramolecular Hbond substituents is 3. The van der Waals surface area contributed by atoms with Crippen molar-refractivity contribution in [3.8, 4) is 57.1 Å². The number of unbranched alkanes of at least 4 members (excludes halogenated alkanes) is 6. The predicted molar refractivity (Wildman–Crippen MR) is 396 cm³/mol. The second-order valence-electron chi connectivity index (χ2n) is 29.1. The van der Waals surface area contributed by atoms with Gasteiger partial charge in [-0.3, -0.25) is 38.4 Å². The number of nitrogens with one attached hydrogen (secondary N) is 7. The van der Waals surface area contributed by atoms with Crippen molar-refractivity contribution < 1.29 is 122 Å².